The Labute approximate surface area is 160 Å². The van der Waals surface area contributed by atoms with E-state index in [1.807, 2.05) is 0 Å². The molecule has 28 heavy (non-hydrogen) atoms. The molecular weight excluding hydrogens is 382 g/mol. The summed E-state index contributed by atoms with van der Waals surface area (Å²) in [6, 6.07) is -1.11. The molecule has 0 radical (unpaired) electrons. The predicted molar refractivity (Wildman–Crippen MR) is 92.1 cm³/mol. The molecule has 1 atom stereocenters. The van der Waals surface area contributed by atoms with Crippen LogP contribution in [0.15, 0.2) is 0 Å². The fourth-order valence-electron chi connectivity index (χ4n) is 2.35. The fourth-order valence-corrected chi connectivity index (χ4v) is 2.35. The Hall–Kier alpha value is -2.77. The minimum absolute atomic E-state index is 0.00474. The summed E-state index contributed by atoms with van der Waals surface area (Å²) in [7, 11) is 0. The number of carboxylic acids is 5. The summed E-state index contributed by atoms with van der Waals surface area (Å²) in [5.74, 6) is -6.16. The van der Waals surface area contributed by atoms with E-state index in [2.05, 4.69) is 0 Å². The van der Waals surface area contributed by atoms with Gasteiger partial charge in [-0.05, 0) is 6.92 Å². The summed E-state index contributed by atoms with van der Waals surface area (Å²) in [6.07, 6.45) is 0. The summed E-state index contributed by atoms with van der Waals surface area (Å²) in [5, 5.41) is 44.6. The molecule has 0 saturated heterocycles. The second kappa shape index (κ2) is 12.6. The summed E-state index contributed by atoms with van der Waals surface area (Å²) < 4.78 is 0. The maximum Gasteiger partial charge on any atom is 0.320 e. The molecule has 0 aliphatic carbocycles. The highest BCUT2D eigenvalue weighted by Crippen LogP contribution is 2.02. The Morgan fingerprint density at radius 1 is 0.607 bits per heavy atom. The van der Waals surface area contributed by atoms with Crippen LogP contribution in [0.5, 0.6) is 0 Å². The van der Waals surface area contributed by atoms with Crippen LogP contribution in [-0.4, -0.2) is 128 Å². The molecule has 0 fully saturated rings. The van der Waals surface area contributed by atoms with E-state index in [4.69, 9.17) is 25.5 Å². The Morgan fingerprint density at radius 2 is 0.964 bits per heavy atom. The Bertz CT molecular complexity index is 566. The number of aliphatic carboxylic acids is 5. The third kappa shape index (κ3) is 11.8. The van der Waals surface area contributed by atoms with Crippen molar-refractivity contribution in [2.45, 2.75) is 13.0 Å². The van der Waals surface area contributed by atoms with Crippen LogP contribution in [0, 0.1) is 0 Å². The van der Waals surface area contributed by atoms with Crippen molar-refractivity contribution < 1.29 is 49.5 Å². The molecule has 5 N–H and O–H groups in total. The first-order valence-corrected chi connectivity index (χ1v) is 8.21. The molecule has 0 saturated carbocycles. The third-order valence-corrected chi connectivity index (χ3v) is 3.76. The van der Waals surface area contributed by atoms with Gasteiger partial charge in [0.1, 0.15) is 6.04 Å². The standard InChI is InChI=1S/C15H25N3O10/c1-10(15(27)28)18(9-14(25)26)5-4-16(6-11(19)20)2-3-17(7-12(21)22)8-13(23)24/h10H,2-9H2,1H3,(H,19,20)(H,21,22)(H,23,24)(H,25,26)(H,27,28). The van der Waals surface area contributed by atoms with Crippen molar-refractivity contribution in [1.82, 2.24) is 14.7 Å². The molecule has 0 bridgehead atoms. The summed E-state index contributed by atoms with van der Waals surface area (Å²) >= 11 is 0. The number of rotatable bonds is 16. The van der Waals surface area contributed by atoms with Gasteiger partial charge in [-0.2, -0.15) is 0 Å². The molecule has 0 aromatic rings. The first-order valence-electron chi connectivity index (χ1n) is 8.21. The predicted octanol–water partition coefficient (Wildman–Crippen LogP) is -2.30. The summed E-state index contributed by atoms with van der Waals surface area (Å²) in [4.78, 5) is 58.3. The van der Waals surface area contributed by atoms with Crippen molar-refractivity contribution in [3.63, 3.8) is 0 Å². The lowest BCUT2D eigenvalue weighted by atomic mass is 10.2. The lowest BCUT2D eigenvalue weighted by molar-refractivity contribution is -0.146. The highest BCUT2D eigenvalue weighted by Gasteiger charge is 2.24. The molecular formula is C15H25N3O10. The SMILES string of the molecule is CC(C(=O)O)N(CCN(CCN(CC(=O)O)CC(=O)O)CC(=O)O)CC(=O)O. The molecule has 0 spiro atoms. The van der Waals surface area contributed by atoms with Gasteiger partial charge in [-0.3, -0.25) is 38.7 Å². The molecule has 0 heterocycles. The highest BCUT2D eigenvalue weighted by atomic mass is 16.4. The van der Waals surface area contributed by atoms with E-state index >= 15 is 0 Å². The van der Waals surface area contributed by atoms with Crippen LogP contribution in [-0.2, 0) is 24.0 Å². The second-order valence-electron chi connectivity index (χ2n) is 6.05. The third-order valence-electron chi connectivity index (χ3n) is 3.76. The molecule has 13 nitrogen and oxygen atoms in total. The van der Waals surface area contributed by atoms with Gasteiger partial charge in [-0.25, -0.2) is 0 Å². The van der Waals surface area contributed by atoms with Crippen molar-refractivity contribution in [2.24, 2.45) is 0 Å². The largest absolute Gasteiger partial charge is 0.480 e. The molecule has 0 aliphatic heterocycles. The molecule has 160 valence electrons. The van der Waals surface area contributed by atoms with E-state index in [1.54, 1.807) is 0 Å². The van der Waals surface area contributed by atoms with Crippen LogP contribution >= 0.6 is 0 Å². The van der Waals surface area contributed by atoms with Crippen LogP contribution < -0.4 is 0 Å². The van der Waals surface area contributed by atoms with Crippen molar-refractivity contribution in [3.8, 4) is 0 Å². The highest BCUT2D eigenvalue weighted by molar-refractivity contribution is 5.75. The van der Waals surface area contributed by atoms with Gasteiger partial charge in [-0.15, -0.1) is 0 Å². The van der Waals surface area contributed by atoms with Gasteiger partial charge in [0, 0.05) is 26.2 Å². The molecule has 0 aromatic heterocycles. The number of carbonyl (C=O) groups is 5. The molecule has 0 aliphatic rings. The van der Waals surface area contributed by atoms with Crippen molar-refractivity contribution in [3.05, 3.63) is 0 Å². The van der Waals surface area contributed by atoms with E-state index in [0.29, 0.717) is 0 Å². The van der Waals surface area contributed by atoms with Crippen molar-refractivity contribution >= 4 is 29.8 Å². The van der Waals surface area contributed by atoms with E-state index in [0.717, 1.165) is 9.80 Å². The second-order valence-corrected chi connectivity index (χ2v) is 6.05. The van der Waals surface area contributed by atoms with Crippen LogP contribution in [0.2, 0.25) is 0 Å². The minimum atomic E-state index is -1.24. The molecule has 13 heteroatoms. The van der Waals surface area contributed by atoms with Gasteiger partial charge in [0.25, 0.3) is 0 Å². The average Bonchev–Trinajstić information content (AvgIpc) is 2.53. The fraction of sp³-hybridized carbons (Fsp3) is 0.667. The van der Waals surface area contributed by atoms with Crippen LogP contribution in [0.1, 0.15) is 6.92 Å². The summed E-state index contributed by atoms with van der Waals surface area (Å²) in [6.45, 7) is -0.948. The average molecular weight is 407 g/mol. The monoisotopic (exact) mass is 407 g/mol. The van der Waals surface area contributed by atoms with Gasteiger partial charge < -0.3 is 25.5 Å². The van der Waals surface area contributed by atoms with Gasteiger partial charge in [0.2, 0.25) is 0 Å². The molecule has 0 aromatic carbocycles. The Balaban J connectivity index is 5.00. The van der Waals surface area contributed by atoms with E-state index < -0.39 is 62.1 Å². The Morgan fingerprint density at radius 3 is 1.36 bits per heavy atom. The van der Waals surface area contributed by atoms with Gasteiger partial charge >= 0.3 is 29.8 Å². The zero-order valence-corrected chi connectivity index (χ0v) is 15.4. The van der Waals surface area contributed by atoms with Gasteiger partial charge in [0.15, 0.2) is 0 Å². The minimum Gasteiger partial charge on any atom is -0.480 e. The number of nitrogens with zero attached hydrogens (tertiary/aromatic N) is 3. The lowest BCUT2D eigenvalue weighted by Crippen LogP contribution is -2.48. The normalized spacial score (nSPS) is 12.3. The smallest absolute Gasteiger partial charge is 0.320 e. The molecule has 1 unspecified atom stereocenters. The quantitative estimate of drug-likeness (QED) is 0.183. The first kappa shape index (κ1) is 25.2. The summed E-state index contributed by atoms with van der Waals surface area (Å²) in [5.41, 5.74) is 0. The number of hydrogen-bond acceptors (Lipinski definition) is 8. The molecule has 0 amide bonds. The van der Waals surface area contributed by atoms with Crippen molar-refractivity contribution in [2.75, 3.05) is 52.4 Å². The van der Waals surface area contributed by atoms with Gasteiger partial charge in [-0.1, -0.05) is 0 Å². The number of hydrogen-bond donors (Lipinski definition) is 5. The van der Waals surface area contributed by atoms with Crippen molar-refractivity contribution in [1.29, 1.82) is 0 Å². The van der Waals surface area contributed by atoms with Gasteiger partial charge in [0.05, 0.1) is 26.2 Å². The first-order chi connectivity index (χ1) is 12.9. The topological polar surface area (TPSA) is 196 Å². The zero-order valence-electron chi connectivity index (χ0n) is 15.4. The van der Waals surface area contributed by atoms with Crippen LogP contribution in [0.4, 0.5) is 0 Å². The molecule has 0 rings (SSSR count). The lowest BCUT2D eigenvalue weighted by Gasteiger charge is -2.29. The zero-order chi connectivity index (χ0) is 21.9. The van der Waals surface area contributed by atoms with Crippen LogP contribution in [0.3, 0.4) is 0 Å². The number of carboxylic acid groups (broad SMARTS) is 5. The Kier molecular flexibility index (Phi) is 11.3. The maximum atomic E-state index is 11.1. The van der Waals surface area contributed by atoms with Crippen LogP contribution in [0.25, 0.3) is 0 Å². The van der Waals surface area contributed by atoms with E-state index in [1.165, 1.54) is 11.8 Å². The maximum absolute atomic E-state index is 11.1. The van der Waals surface area contributed by atoms with E-state index in [9.17, 15) is 24.0 Å². The van der Waals surface area contributed by atoms with E-state index in [-0.39, 0.29) is 26.2 Å².